The van der Waals surface area contributed by atoms with Crippen molar-refractivity contribution in [2.45, 2.75) is 13.1 Å². The normalized spacial score (nSPS) is 14.3. The molecule has 3 rings (SSSR count). The predicted octanol–water partition coefficient (Wildman–Crippen LogP) is 0.631. The van der Waals surface area contributed by atoms with Gasteiger partial charge in [-0.25, -0.2) is 4.98 Å². The number of fused-ring (bicyclic) bond motifs is 1. The summed E-state index contributed by atoms with van der Waals surface area (Å²) in [7, 11) is 0. The van der Waals surface area contributed by atoms with Crippen molar-refractivity contribution in [2.75, 3.05) is 11.4 Å². The van der Waals surface area contributed by atoms with E-state index in [2.05, 4.69) is 15.2 Å². The van der Waals surface area contributed by atoms with Crippen molar-refractivity contribution in [1.29, 1.82) is 5.41 Å². The van der Waals surface area contributed by atoms with Crippen LogP contribution in [0.4, 0.5) is 5.82 Å². The van der Waals surface area contributed by atoms with E-state index in [1.54, 1.807) is 18.6 Å². The first-order valence-electron chi connectivity index (χ1n) is 5.77. The number of amidine groups is 1. The van der Waals surface area contributed by atoms with Crippen LogP contribution in [0.5, 0.6) is 0 Å². The summed E-state index contributed by atoms with van der Waals surface area (Å²) in [6.07, 6.45) is 3.32. The zero-order valence-electron chi connectivity index (χ0n) is 10.0. The van der Waals surface area contributed by atoms with Crippen LogP contribution in [0.25, 0.3) is 0 Å². The number of nitrogens with two attached hydrogens (primary N) is 1. The minimum absolute atomic E-state index is 0.0613. The van der Waals surface area contributed by atoms with E-state index in [0.29, 0.717) is 22.9 Å². The van der Waals surface area contributed by atoms with Crippen LogP contribution < -0.4 is 10.6 Å². The van der Waals surface area contributed by atoms with Gasteiger partial charge in [-0.1, -0.05) is 11.6 Å². The molecule has 0 fully saturated rings. The Hall–Kier alpha value is -2.15. The number of hydrogen-bond donors (Lipinski definition) is 2. The largest absolute Gasteiger partial charge is 0.384 e. The van der Waals surface area contributed by atoms with Gasteiger partial charge in [-0.2, -0.15) is 0 Å². The number of halogens is 1. The highest BCUT2D eigenvalue weighted by Gasteiger charge is 2.22. The number of rotatable bonds is 2. The Morgan fingerprint density at radius 3 is 3.05 bits per heavy atom. The van der Waals surface area contributed by atoms with Crippen LogP contribution in [0.1, 0.15) is 11.4 Å². The van der Waals surface area contributed by atoms with Crippen LogP contribution in [0, 0.1) is 5.41 Å². The molecule has 0 radical (unpaired) electrons. The van der Waals surface area contributed by atoms with Crippen molar-refractivity contribution >= 4 is 23.3 Å². The molecule has 7 nitrogen and oxygen atoms in total. The Morgan fingerprint density at radius 1 is 1.42 bits per heavy atom. The maximum absolute atomic E-state index is 7.50. The van der Waals surface area contributed by atoms with Crippen LogP contribution in [0.3, 0.4) is 0 Å². The smallest absolute Gasteiger partial charge is 0.152 e. The van der Waals surface area contributed by atoms with E-state index in [4.69, 9.17) is 22.7 Å². The zero-order valence-corrected chi connectivity index (χ0v) is 10.8. The fourth-order valence-corrected chi connectivity index (χ4v) is 2.44. The number of nitrogen functional groups attached to an aromatic ring is 1. The van der Waals surface area contributed by atoms with E-state index in [1.807, 2.05) is 9.47 Å². The minimum atomic E-state index is -0.0613. The highest BCUT2D eigenvalue weighted by Crippen LogP contribution is 2.28. The standard InChI is InChI=1S/C11H12ClN7/c12-9-7(10(13)14)1-2-15-11(9)18-3-4-19-6-16-17-8(19)5-18/h1-2,6H,3-5H2,(H3,13,14). The molecule has 0 spiro atoms. The zero-order chi connectivity index (χ0) is 13.4. The summed E-state index contributed by atoms with van der Waals surface area (Å²) in [5.74, 6) is 1.44. The summed E-state index contributed by atoms with van der Waals surface area (Å²) in [4.78, 5) is 6.30. The lowest BCUT2D eigenvalue weighted by molar-refractivity contribution is 0.556. The number of anilines is 1. The second-order valence-electron chi connectivity index (χ2n) is 4.27. The van der Waals surface area contributed by atoms with Gasteiger partial charge in [0.25, 0.3) is 0 Å². The van der Waals surface area contributed by atoms with Crippen molar-refractivity contribution in [1.82, 2.24) is 19.7 Å². The average Bonchev–Trinajstić information content (AvgIpc) is 2.85. The first-order chi connectivity index (χ1) is 9.16. The summed E-state index contributed by atoms with van der Waals surface area (Å²) in [5.41, 5.74) is 6.00. The third-order valence-corrected chi connectivity index (χ3v) is 3.47. The van der Waals surface area contributed by atoms with Crippen molar-refractivity contribution < 1.29 is 0 Å². The Balaban J connectivity index is 1.96. The number of pyridine rings is 1. The Kier molecular flexibility index (Phi) is 2.83. The van der Waals surface area contributed by atoms with Gasteiger partial charge in [-0.05, 0) is 6.07 Å². The maximum Gasteiger partial charge on any atom is 0.152 e. The molecular weight excluding hydrogens is 266 g/mol. The van der Waals surface area contributed by atoms with Gasteiger partial charge in [0.1, 0.15) is 18.0 Å². The fourth-order valence-electron chi connectivity index (χ4n) is 2.11. The van der Waals surface area contributed by atoms with Gasteiger partial charge in [-0.3, -0.25) is 5.41 Å². The summed E-state index contributed by atoms with van der Waals surface area (Å²) >= 11 is 6.27. The molecule has 0 aliphatic carbocycles. The lowest BCUT2D eigenvalue weighted by Crippen LogP contribution is -2.34. The highest BCUT2D eigenvalue weighted by molar-refractivity contribution is 6.36. The van der Waals surface area contributed by atoms with E-state index in [1.165, 1.54) is 0 Å². The number of hydrogen-bond acceptors (Lipinski definition) is 5. The van der Waals surface area contributed by atoms with Gasteiger partial charge < -0.3 is 15.2 Å². The van der Waals surface area contributed by atoms with Crippen molar-refractivity contribution in [3.8, 4) is 0 Å². The number of nitrogens with zero attached hydrogens (tertiary/aromatic N) is 5. The molecule has 98 valence electrons. The van der Waals surface area contributed by atoms with E-state index >= 15 is 0 Å². The maximum atomic E-state index is 7.50. The van der Waals surface area contributed by atoms with Gasteiger partial charge >= 0.3 is 0 Å². The van der Waals surface area contributed by atoms with Crippen molar-refractivity contribution in [2.24, 2.45) is 5.73 Å². The quantitative estimate of drug-likeness (QED) is 0.620. The lowest BCUT2D eigenvalue weighted by Gasteiger charge is -2.28. The predicted molar refractivity (Wildman–Crippen MR) is 71.3 cm³/mol. The van der Waals surface area contributed by atoms with Crippen LogP contribution in [-0.4, -0.2) is 32.1 Å². The van der Waals surface area contributed by atoms with Crippen LogP contribution in [0.15, 0.2) is 18.6 Å². The van der Waals surface area contributed by atoms with Crippen molar-refractivity contribution in [3.63, 3.8) is 0 Å². The van der Waals surface area contributed by atoms with Gasteiger partial charge in [0.05, 0.1) is 11.6 Å². The summed E-state index contributed by atoms with van der Waals surface area (Å²) in [6, 6.07) is 1.64. The molecule has 2 aromatic rings. The minimum Gasteiger partial charge on any atom is -0.384 e. The first-order valence-corrected chi connectivity index (χ1v) is 6.15. The Bertz CT molecular complexity index is 636. The molecule has 19 heavy (non-hydrogen) atoms. The second kappa shape index (κ2) is 4.51. The van der Waals surface area contributed by atoms with Gasteiger partial charge in [-0.15, -0.1) is 10.2 Å². The number of aromatic nitrogens is 4. The third-order valence-electron chi connectivity index (χ3n) is 3.10. The van der Waals surface area contributed by atoms with Gasteiger partial charge in [0.15, 0.2) is 5.82 Å². The van der Waals surface area contributed by atoms with Gasteiger partial charge in [0.2, 0.25) is 0 Å². The average molecular weight is 278 g/mol. The molecule has 0 unspecified atom stereocenters. The molecule has 1 aliphatic heterocycles. The molecule has 8 heteroatoms. The molecule has 0 bridgehead atoms. The summed E-state index contributed by atoms with van der Waals surface area (Å²) < 4.78 is 2.00. The third kappa shape index (κ3) is 2.01. The molecule has 0 atom stereocenters. The molecule has 2 aromatic heterocycles. The lowest BCUT2D eigenvalue weighted by atomic mass is 10.2. The molecule has 3 N–H and O–H groups in total. The van der Waals surface area contributed by atoms with Crippen molar-refractivity contribution in [3.05, 3.63) is 35.0 Å². The Morgan fingerprint density at radius 2 is 2.26 bits per heavy atom. The summed E-state index contributed by atoms with van der Waals surface area (Å²) in [5, 5.41) is 15.8. The van der Waals surface area contributed by atoms with E-state index in [0.717, 1.165) is 18.9 Å². The molecule has 0 aromatic carbocycles. The molecule has 0 saturated heterocycles. The monoisotopic (exact) mass is 277 g/mol. The van der Waals surface area contributed by atoms with Crippen LogP contribution >= 0.6 is 11.6 Å². The van der Waals surface area contributed by atoms with E-state index < -0.39 is 0 Å². The molecular formula is C11H12ClN7. The van der Waals surface area contributed by atoms with E-state index in [9.17, 15) is 0 Å². The SMILES string of the molecule is N=C(N)c1ccnc(N2CCn3cnnc3C2)c1Cl. The topological polar surface area (TPSA) is 96.7 Å². The number of nitrogens with one attached hydrogen (secondary N) is 1. The fraction of sp³-hybridized carbons (Fsp3) is 0.273. The molecule has 0 saturated carbocycles. The molecule has 1 aliphatic rings. The Labute approximate surface area is 114 Å². The molecule has 3 heterocycles. The highest BCUT2D eigenvalue weighted by atomic mass is 35.5. The summed E-state index contributed by atoms with van der Waals surface area (Å²) in [6.45, 7) is 2.14. The second-order valence-corrected chi connectivity index (χ2v) is 4.65. The van der Waals surface area contributed by atoms with E-state index in [-0.39, 0.29) is 5.84 Å². The first kappa shape index (κ1) is 11.9. The van der Waals surface area contributed by atoms with Crippen LogP contribution in [0.2, 0.25) is 5.02 Å². The molecule has 0 amide bonds. The van der Waals surface area contributed by atoms with Gasteiger partial charge in [0, 0.05) is 24.8 Å². The van der Waals surface area contributed by atoms with Crippen LogP contribution in [-0.2, 0) is 13.1 Å².